The van der Waals surface area contributed by atoms with Crippen LogP contribution < -0.4 is 5.32 Å². The van der Waals surface area contributed by atoms with Gasteiger partial charge in [0.25, 0.3) is 0 Å². The number of aromatic nitrogens is 1. The van der Waals surface area contributed by atoms with Crippen molar-refractivity contribution in [2.75, 3.05) is 0 Å². The number of rotatable bonds is 7. The Morgan fingerprint density at radius 3 is 2.58 bits per heavy atom. The molecule has 0 radical (unpaired) electrons. The highest BCUT2D eigenvalue weighted by Gasteiger charge is 2.21. The van der Waals surface area contributed by atoms with E-state index in [1.165, 1.54) is 0 Å². The molecule has 0 unspecified atom stereocenters. The molecule has 0 spiro atoms. The Bertz CT molecular complexity index is 935. The monoisotopic (exact) mass is 370 g/mol. The summed E-state index contributed by atoms with van der Waals surface area (Å²) in [5.41, 5.74) is 2.67. The third kappa shape index (κ3) is 4.24. The van der Waals surface area contributed by atoms with Gasteiger partial charge >= 0.3 is 5.97 Å². The number of H-pyrrole nitrogens is 1. The van der Waals surface area contributed by atoms with E-state index in [0.29, 0.717) is 11.4 Å². The maximum atomic E-state index is 12.2. The molecule has 0 saturated heterocycles. The molecule has 0 aliphatic carbocycles. The number of aliphatic carboxylic acids is 1. The number of aromatic amines is 1. The minimum absolute atomic E-state index is 0.182. The minimum Gasteiger partial charge on any atom is -0.480 e. The summed E-state index contributed by atoms with van der Waals surface area (Å²) in [5, 5.41) is 13.7. The van der Waals surface area contributed by atoms with E-state index in [-0.39, 0.29) is 18.7 Å². The molecule has 0 bridgehead atoms. The first-order valence-electron chi connectivity index (χ1n) is 8.35. The van der Waals surface area contributed by atoms with Gasteiger partial charge in [0.15, 0.2) is 0 Å². The zero-order valence-corrected chi connectivity index (χ0v) is 14.8. The maximum absolute atomic E-state index is 12.2. The van der Waals surface area contributed by atoms with Crippen molar-refractivity contribution in [1.82, 2.24) is 10.3 Å². The normalized spacial score (nSPS) is 12.0. The molecule has 0 aliphatic rings. The van der Waals surface area contributed by atoms with Gasteiger partial charge in [-0.2, -0.15) is 0 Å². The van der Waals surface area contributed by atoms with Gasteiger partial charge in [0.2, 0.25) is 5.91 Å². The van der Waals surface area contributed by atoms with Crippen LogP contribution in [0.4, 0.5) is 0 Å². The summed E-state index contributed by atoms with van der Waals surface area (Å²) in [7, 11) is 0. The zero-order chi connectivity index (χ0) is 18.5. The lowest BCUT2D eigenvalue weighted by Gasteiger charge is -2.14. The Morgan fingerprint density at radius 2 is 1.81 bits per heavy atom. The predicted molar refractivity (Wildman–Crippen MR) is 101 cm³/mol. The van der Waals surface area contributed by atoms with Gasteiger partial charge in [0.1, 0.15) is 6.04 Å². The summed E-state index contributed by atoms with van der Waals surface area (Å²) in [5.74, 6) is -1.36. The molecule has 3 aromatic rings. The fraction of sp³-hybridized carbons (Fsp3) is 0.200. The molecule has 1 heterocycles. The van der Waals surface area contributed by atoms with Crippen LogP contribution >= 0.6 is 11.6 Å². The van der Waals surface area contributed by atoms with E-state index in [2.05, 4.69) is 10.3 Å². The van der Waals surface area contributed by atoms with Crippen molar-refractivity contribution in [2.24, 2.45) is 0 Å². The van der Waals surface area contributed by atoms with Crippen LogP contribution in [0.5, 0.6) is 0 Å². The summed E-state index contributed by atoms with van der Waals surface area (Å²) < 4.78 is 0. The van der Waals surface area contributed by atoms with E-state index < -0.39 is 12.0 Å². The molecule has 0 aliphatic heterocycles. The topological polar surface area (TPSA) is 82.2 Å². The van der Waals surface area contributed by atoms with Gasteiger partial charge in [-0.25, -0.2) is 4.79 Å². The van der Waals surface area contributed by atoms with Crippen LogP contribution in [0.3, 0.4) is 0 Å². The maximum Gasteiger partial charge on any atom is 0.326 e. The molecule has 1 atom stereocenters. The van der Waals surface area contributed by atoms with Gasteiger partial charge in [-0.3, -0.25) is 4.79 Å². The second kappa shape index (κ2) is 8.06. The smallest absolute Gasteiger partial charge is 0.326 e. The number of hydrogen-bond acceptors (Lipinski definition) is 2. The number of para-hydroxylation sites is 1. The van der Waals surface area contributed by atoms with Gasteiger partial charge < -0.3 is 15.4 Å². The number of aryl methyl sites for hydroxylation is 1. The van der Waals surface area contributed by atoms with Crippen molar-refractivity contribution in [3.8, 4) is 0 Å². The lowest BCUT2D eigenvalue weighted by Crippen LogP contribution is -2.42. The lowest BCUT2D eigenvalue weighted by molar-refractivity contribution is -0.141. The summed E-state index contributed by atoms with van der Waals surface area (Å²) in [6, 6.07) is 14.0. The molecule has 6 heteroatoms. The third-order valence-electron chi connectivity index (χ3n) is 4.31. The molecule has 2 aromatic carbocycles. The van der Waals surface area contributed by atoms with Crippen molar-refractivity contribution in [1.29, 1.82) is 0 Å². The number of halogens is 1. The number of nitrogens with one attached hydrogen (secondary N) is 2. The molecule has 1 amide bonds. The van der Waals surface area contributed by atoms with Crippen molar-refractivity contribution in [3.63, 3.8) is 0 Å². The van der Waals surface area contributed by atoms with Crippen LogP contribution in [0, 0.1) is 0 Å². The molecule has 5 nitrogen and oxygen atoms in total. The number of carboxylic acids is 1. The fourth-order valence-corrected chi connectivity index (χ4v) is 3.17. The number of carbonyl (C=O) groups is 2. The average Bonchev–Trinajstić information content (AvgIpc) is 3.03. The quantitative estimate of drug-likeness (QED) is 0.594. The molecular weight excluding hydrogens is 352 g/mol. The third-order valence-corrected chi connectivity index (χ3v) is 4.68. The highest BCUT2D eigenvalue weighted by atomic mass is 35.5. The van der Waals surface area contributed by atoms with E-state index in [0.717, 1.165) is 22.0 Å². The predicted octanol–water partition coefficient (Wildman–Crippen LogP) is 3.57. The number of benzene rings is 2. The molecule has 0 saturated carbocycles. The number of carbonyl (C=O) groups excluding carboxylic acids is 1. The van der Waals surface area contributed by atoms with E-state index in [1.54, 1.807) is 12.3 Å². The molecule has 0 fully saturated rings. The highest BCUT2D eigenvalue weighted by molar-refractivity contribution is 6.31. The lowest BCUT2D eigenvalue weighted by atomic mass is 10.0. The van der Waals surface area contributed by atoms with E-state index in [9.17, 15) is 14.7 Å². The van der Waals surface area contributed by atoms with Crippen LogP contribution in [-0.2, 0) is 22.4 Å². The first kappa shape index (κ1) is 18.0. The van der Waals surface area contributed by atoms with Crippen molar-refractivity contribution in [3.05, 3.63) is 70.9 Å². The Labute approximate surface area is 156 Å². The van der Waals surface area contributed by atoms with Crippen LogP contribution in [0.1, 0.15) is 17.5 Å². The molecule has 3 N–H and O–H groups in total. The van der Waals surface area contributed by atoms with Crippen molar-refractivity contribution < 1.29 is 14.7 Å². The van der Waals surface area contributed by atoms with Crippen molar-refractivity contribution in [2.45, 2.75) is 25.3 Å². The average molecular weight is 371 g/mol. The Morgan fingerprint density at radius 1 is 1.08 bits per heavy atom. The second-order valence-electron chi connectivity index (χ2n) is 6.11. The summed E-state index contributed by atoms with van der Waals surface area (Å²) >= 11 is 6.08. The van der Waals surface area contributed by atoms with Gasteiger partial charge in [0, 0.05) is 35.0 Å². The number of fused-ring (bicyclic) bond motifs is 1. The van der Waals surface area contributed by atoms with Gasteiger partial charge in [-0.05, 0) is 29.7 Å². The standard InChI is InChI=1S/C20H19ClN2O3/c21-16-7-3-1-5-13(16)9-10-19(24)23-18(20(25)26)11-14-12-22-17-8-4-2-6-15(14)17/h1-8,12,18,22H,9-11H2,(H,23,24)(H,25,26)/t18-/m1/s1. The van der Waals surface area contributed by atoms with Crippen LogP contribution in [0.25, 0.3) is 10.9 Å². The number of hydrogen-bond donors (Lipinski definition) is 3. The Kier molecular flexibility index (Phi) is 5.58. The SMILES string of the molecule is O=C(CCc1ccccc1Cl)N[C@H](Cc1c[nH]c2ccccc12)C(=O)O. The van der Waals surface area contributed by atoms with Gasteiger partial charge in [0.05, 0.1) is 0 Å². The Hall–Kier alpha value is -2.79. The molecule has 26 heavy (non-hydrogen) atoms. The first-order valence-corrected chi connectivity index (χ1v) is 8.73. The summed E-state index contributed by atoms with van der Waals surface area (Å²) in [6.07, 6.45) is 2.65. The van der Waals surface area contributed by atoms with E-state index in [4.69, 9.17) is 11.6 Å². The minimum atomic E-state index is -1.05. The molecule has 134 valence electrons. The number of carboxylic acid groups (broad SMARTS) is 1. The van der Waals surface area contributed by atoms with Crippen LogP contribution in [-0.4, -0.2) is 28.0 Å². The summed E-state index contributed by atoms with van der Waals surface area (Å²) in [6.45, 7) is 0. The second-order valence-corrected chi connectivity index (χ2v) is 6.52. The molecular formula is C20H19ClN2O3. The highest BCUT2D eigenvalue weighted by Crippen LogP contribution is 2.19. The van der Waals surface area contributed by atoms with E-state index in [1.807, 2.05) is 42.5 Å². The zero-order valence-electron chi connectivity index (χ0n) is 14.0. The molecule has 3 rings (SSSR count). The Balaban J connectivity index is 1.64. The van der Waals surface area contributed by atoms with Crippen LogP contribution in [0.15, 0.2) is 54.7 Å². The first-order chi connectivity index (χ1) is 12.5. The van der Waals surface area contributed by atoms with E-state index >= 15 is 0 Å². The summed E-state index contributed by atoms with van der Waals surface area (Å²) in [4.78, 5) is 26.9. The van der Waals surface area contributed by atoms with Crippen molar-refractivity contribution >= 4 is 34.4 Å². The molecule has 1 aromatic heterocycles. The van der Waals surface area contributed by atoms with Gasteiger partial charge in [-0.15, -0.1) is 0 Å². The fourth-order valence-electron chi connectivity index (χ4n) is 2.94. The van der Waals surface area contributed by atoms with Gasteiger partial charge in [-0.1, -0.05) is 48.0 Å². The van der Waals surface area contributed by atoms with Crippen LogP contribution in [0.2, 0.25) is 5.02 Å². The largest absolute Gasteiger partial charge is 0.480 e. The number of amides is 1.